The number of urea groups is 1. The maximum Gasteiger partial charge on any atom is 0.322 e. The van der Waals surface area contributed by atoms with Gasteiger partial charge in [0, 0.05) is 18.8 Å². The Morgan fingerprint density at radius 1 is 1.06 bits per heavy atom. The molecule has 1 aromatic heterocycles. The summed E-state index contributed by atoms with van der Waals surface area (Å²) in [5, 5.41) is 2.62. The molecule has 0 radical (unpaired) electrons. The maximum absolute atomic E-state index is 13.5. The summed E-state index contributed by atoms with van der Waals surface area (Å²) >= 11 is 5.83. The number of carbonyl (C=O) groups excluding carboxylic acids is 2. The van der Waals surface area contributed by atoms with Crippen LogP contribution in [-0.4, -0.2) is 41.4 Å². The van der Waals surface area contributed by atoms with Crippen LogP contribution in [0.1, 0.15) is 25.2 Å². The van der Waals surface area contributed by atoms with Crippen LogP contribution < -0.4 is 5.32 Å². The van der Waals surface area contributed by atoms with E-state index in [1.165, 1.54) is 23.1 Å². The molecule has 0 unspecified atom stereocenters. The first-order chi connectivity index (χ1) is 16.3. The zero-order valence-corrected chi connectivity index (χ0v) is 20.1. The van der Waals surface area contributed by atoms with Crippen LogP contribution in [0.25, 0.3) is 0 Å². The van der Waals surface area contributed by atoms with Gasteiger partial charge in [-0.1, -0.05) is 55.8 Å². The van der Waals surface area contributed by atoms with Crippen molar-refractivity contribution in [3.05, 3.63) is 89.1 Å². The molecule has 1 heterocycles. The monoisotopic (exact) mass is 485 g/mol. The minimum Gasteiger partial charge on any atom is -0.467 e. The van der Waals surface area contributed by atoms with Crippen molar-refractivity contribution in [1.82, 2.24) is 9.80 Å². The lowest BCUT2D eigenvalue weighted by Crippen LogP contribution is -2.46. The van der Waals surface area contributed by atoms with Gasteiger partial charge in [0.05, 0.1) is 17.8 Å². The van der Waals surface area contributed by atoms with E-state index in [1.54, 1.807) is 17.2 Å². The van der Waals surface area contributed by atoms with Gasteiger partial charge in [0.25, 0.3) is 0 Å². The third-order valence-electron chi connectivity index (χ3n) is 5.16. The number of nitrogens with zero attached hydrogens (tertiary/aromatic N) is 2. The second-order valence-electron chi connectivity index (χ2n) is 8.46. The highest BCUT2D eigenvalue weighted by Gasteiger charge is 2.23. The van der Waals surface area contributed by atoms with Crippen molar-refractivity contribution in [3.63, 3.8) is 0 Å². The molecule has 0 fully saturated rings. The number of halogens is 2. The Kier molecular flexibility index (Phi) is 9.10. The number of amides is 3. The summed E-state index contributed by atoms with van der Waals surface area (Å²) in [5.41, 5.74) is 1.47. The van der Waals surface area contributed by atoms with Crippen LogP contribution >= 0.6 is 11.6 Å². The lowest BCUT2D eigenvalue weighted by molar-refractivity contribution is -0.132. The van der Waals surface area contributed by atoms with Crippen LogP contribution in [0.15, 0.2) is 71.3 Å². The van der Waals surface area contributed by atoms with Gasteiger partial charge in [-0.05, 0) is 48.2 Å². The van der Waals surface area contributed by atoms with Gasteiger partial charge in [0.2, 0.25) is 5.91 Å². The molecule has 2 aromatic carbocycles. The maximum atomic E-state index is 13.5. The molecule has 3 amide bonds. The van der Waals surface area contributed by atoms with Crippen molar-refractivity contribution in [2.75, 3.05) is 25.0 Å². The second-order valence-corrected chi connectivity index (χ2v) is 8.87. The van der Waals surface area contributed by atoms with Crippen LogP contribution in [0.5, 0.6) is 0 Å². The van der Waals surface area contributed by atoms with Crippen molar-refractivity contribution in [3.8, 4) is 0 Å². The predicted molar refractivity (Wildman–Crippen MR) is 131 cm³/mol. The van der Waals surface area contributed by atoms with E-state index in [1.807, 2.05) is 50.2 Å². The number of rotatable bonds is 10. The lowest BCUT2D eigenvalue weighted by atomic mass is 10.1. The Morgan fingerprint density at radius 2 is 1.82 bits per heavy atom. The minimum atomic E-state index is -0.569. The van der Waals surface area contributed by atoms with E-state index in [0.717, 1.165) is 5.56 Å². The van der Waals surface area contributed by atoms with Crippen LogP contribution in [-0.2, 0) is 17.8 Å². The van der Waals surface area contributed by atoms with E-state index < -0.39 is 11.8 Å². The molecule has 34 heavy (non-hydrogen) atoms. The summed E-state index contributed by atoms with van der Waals surface area (Å²) in [4.78, 5) is 29.5. The number of anilines is 1. The molecule has 3 aromatic rings. The molecule has 0 aliphatic rings. The molecule has 0 atom stereocenters. The molecule has 0 saturated carbocycles. The molecule has 180 valence electrons. The topological polar surface area (TPSA) is 65.8 Å². The van der Waals surface area contributed by atoms with E-state index in [4.69, 9.17) is 16.0 Å². The fraction of sp³-hybridized carbons (Fsp3) is 0.308. The smallest absolute Gasteiger partial charge is 0.322 e. The third-order valence-corrected chi connectivity index (χ3v) is 5.45. The quantitative estimate of drug-likeness (QED) is 0.392. The molecule has 8 heteroatoms. The van der Waals surface area contributed by atoms with Gasteiger partial charge in [-0.25, -0.2) is 9.18 Å². The fourth-order valence-electron chi connectivity index (χ4n) is 3.49. The summed E-state index contributed by atoms with van der Waals surface area (Å²) in [6, 6.07) is 17.0. The molecule has 3 rings (SSSR count). The largest absolute Gasteiger partial charge is 0.467 e. The fourth-order valence-corrected chi connectivity index (χ4v) is 3.67. The molecule has 0 spiro atoms. The number of carbonyl (C=O) groups is 2. The molecule has 1 N–H and O–H groups in total. The average Bonchev–Trinajstić information content (AvgIpc) is 3.32. The summed E-state index contributed by atoms with van der Waals surface area (Å²) in [5.74, 6) is 0.0431. The average molecular weight is 486 g/mol. The number of hydrogen-bond donors (Lipinski definition) is 1. The number of nitrogens with one attached hydrogen (secondary N) is 1. The minimum absolute atomic E-state index is 0.0881. The first-order valence-electron chi connectivity index (χ1n) is 11.2. The molecule has 0 bridgehead atoms. The van der Waals surface area contributed by atoms with Gasteiger partial charge >= 0.3 is 6.03 Å². The molecular weight excluding hydrogens is 457 g/mol. The van der Waals surface area contributed by atoms with Gasteiger partial charge in [-0.2, -0.15) is 0 Å². The Hall–Kier alpha value is -3.32. The third kappa shape index (κ3) is 7.63. The Bertz CT molecular complexity index is 1070. The molecule has 6 nitrogen and oxygen atoms in total. The molecule has 0 aliphatic carbocycles. The lowest BCUT2D eigenvalue weighted by Gasteiger charge is -2.28. The van der Waals surface area contributed by atoms with Gasteiger partial charge in [-0.15, -0.1) is 0 Å². The Balaban J connectivity index is 1.72. The van der Waals surface area contributed by atoms with Crippen molar-refractivity contribution < 1.29 is 18.4 Å². The zero-order valence-electron chi connectivity index (χ0n) is 19.3. The van der Waals surface area contributed by atoms with Crippen LogP contribution in [0.3, 0.4) is 0 Å². The van der Waals surface area contributed by atoms with Crippen molar-refractivity contribution in [2.45, 2.75) is 26.8 Å². The number of benzene rings is 2. The van der Waals surface area contributed by atoms with Crippen LogP contribution in [0.2, 0.25) is 5.02 Å². The first kappa shape index (κ1) is 25.3. The first-order valence-corrected chi connectivity index (χ1v) is 11.5. The number of hydrogen-bond acceptors (Lipinski definition) is 3. The zero-order chi connectivity index (χ0) is 24.5. The van der Waals surface area contributed by atoms with Gasteiger partial charge in [0.15, 0.2) is 0 Å². The molecule has 0 saturated heterocycles. The van der Waals surface area contributed by atoms with E-state index in [2.05, 4.69) is 5.32 Å². The van der Waals surface area contributed by atoms with Crippen molar-refractivity contribution >= 4 is 29.2 Å². The summed E-state index contributed by atoms with van der Waals surface area (Å²) < 4.78 is 18.9. The van der Waals surface area contributed by atoms with Crippen molar-refractivity contribution in [1.29, 1.82) is 0 Å². The van der Waals surface area contributed by atoms with Gasteiger partial charge in [-0.3, -0.25) is 4.79 Å². The number of furan rings is 1. The normalized spacial score (nSPS) is 10.9. The van der Waals surface area contributed by atoms with Gasteiger partial charge < -0.3 is 19.5 Å². The second kappa shape index (κ2) is 12.2. The Morgan fingerprint density at radius 3 is 2.47 bits per heavy atom. The highest BCUT2D eigenvalue weighted by atomic mass is 35.5. The van der Waals surface area contributed by atoms with Crippen LogP contribution in [0.4, 0.5) is 14.9 Å². The van der Waals surface area contributed by atoms with E-state index in [9.17, 15) is 14.0 Å². The SMILES string of the molecule is CC(C)CN(CC(=O)N(CCc1ccccc1)Cc1ccco1)C(=O)Nc1ccc(F)c(Cl)c1. The predicted octanol–water partition coefficient (Wildman–Crippen LogP) is 5.83. The highest BCUT2D eigenvalue weighted by Crippen LogP contribution is 2.20. The summed E-state index contributed by atoms with van der Waals surface area (Å²) in [7, 11) is 0. The Labute approximate surface area is 204 Å². The van der Waals surface area contributed by atoms with E-state index in [-0.39, 0.29) is 23.4 Å². The molecule has 0 aliphatic heterocycles. The highest BCUT2D eigenvalue weighted by molar-refractivity contribution is 6.31. The van der Waals surface area contributed by atoms with E-state index in [0.29, 0.717) is 37.5 Å². The standard InChI is InChI=1S/C26H29ClFN3O3/c1-19(2)16-31(26(33)29-21-10-11-24(28)23(27)15-21)18-25(32)30(17-22-9-6-14-34-22)13-12-20-7-4-3-5-8-20/h3-11,14-15,19H,12-13,16-18H2,1-2H3,(H,29,33). The summed E-state index contributed by atoms with van der Waals surface area (Å²) in [6.07, 6.45) is 2.25. The summed E-state index contributed by atoms with van der Waals surface area (Å²) in [6.45, 7) is 5.00. The molecular formula is C26H29ClFN3O3. The van der Waals surface area contributed by atoms with Crippen molar-refractivity contribution in [2.24, 2.45) is 5.92 Å². The van der Waals surface area contributed by atoms with Gasteiger partial charge in [0.1, 0.15) is 18.1 Å². The van der Waals surface area contributed by atoms with E-state index >= 15 is 0 Å². The van der Waals surface area contributed by atoms with Crippen LogP contribution in [0, 0.1) is 11.7 Å².